The average Bonchev–Trinajstić information content (AvgIpc) is 3.84. The molecule has 1 spiro atoms. The number of benzene rings is 8. The maximum Gasteiger partial charge on any atom is 0.329 e. The molecule has 11 rings (SSSR count). The van der Waals surface area contributed by atoms with Crippen molar-refractivity contribution in [2.45, 2.75) is 80.0 Å². The number of allylic oxidation sites excluding steroid dienone is 1. The molecule has 3 aliphatic rings. The SMILES string of the molecule is CC(NS(=O)(=O)c1ccccc1)C(=O)Cl.CC(NS(=O)(=O)c1ccccc1)C(=O)Oc1ccc2ccccc2c1/C=C/C1=[N+](C)c2ccccc2C1(C)C.CN1c2ccccc2C(C)(C)C12C=Cc1c(ccc3ccccc13)O2.[Cl-]. The van der Waals surface area contributed by atoms with E-state index in [1.807, 2.05) is 42.5 Å². The number of hydrogen-bond acceptors (Lipinski definition) is 9. The van der Waals surface area contributed by atoms with Gasteiger partial charge in [0.2, 0.25) is 36.7 Å². The lowest BCUT2D eigenvalue weighted by Crippen LogP contribution is -3.00. The summed E-state index contributed by atoms with van der Waals surface area (Å²) in [6.07, 6.45) is 8.52. The Hall–Kier alpha value is -7.43. The first-order chi connectivity index (χ1) is 37.6. The fourth-order valence-electron chi connectivity index (χ4n) is 10.6. The highest BCUT2D eigenvalue weighted by molar-refractivity contribution is 7.89. The zero-order valence-electron chi connectivity index (χ0n) is 45.5. The van der Waals surface area contributed by atoms with Crippen LogP contribution in [0.3, 0.4) is 0 Å². The molecule has 2 N–H and O–H groups in total. The number of ether oxygens (including phenoxy) is 2. The molecule has 3 atom stereocenters. The molecule has 0 fully saturated rings. The Bertz CT molecular complexity index is 3980. The Morgan fingerprint density at radius 3 is 1.75 bits per heavy atom. The molecule has 0 saturated heterocycles. The maximum absolute atomic E-state index is 13.1. The second kappa shape index (κ2) is 23.3. The molecule has 0 saturated carbocycles. The number of carbonyl (C=O) groups excluding carboxylic acids is 2. The Labute approximate surface area is 479 Å². The van der Waals surface area contributed by atoms with Gasteiger partial charge in [-0.3, -0.25) is 4.79 Å². The topological polar surface area (TPSA) is 151 Å². The highest BCUT2D eigenvalue weighted by Gasteiger charge is 2.57. The van der Waals surface area contributed by atoms with Crippen molar-refractivity contribution in [3.05, 3.63) is 216 Å². The predicted molar refractivity (Wildman–Crippen MR) is 316 cm³/mol. The Kier molecular flexibility index (Phi) is 17.1. The van der Waals surface area contributed by atoms with Crippen LogP contribution in [-0.2, 0) is 40.5 Å². The Balaban J connectivity index is 0.000000175. The number of nitrogens with one attached hydrogen (secondary N) is 2. The number of para-hydroxylation sites is 2. The van der Waals surface area contributed by atoms with Gasteiger partial charge in [0.05, 0.1) is 26.7 Å². The number of esters is 1. The van der Waals surface area contributed by atoms with E-state index in [1.54, 1.807) is 42.5 Å². The third kappa shape index (κ3) is 11.3. The largest absolute Gasteiger partial charge is 1.00 e. The molecule has 412 valence electrons. The molecule has 0 bridgehead atoms. The second-order valence-electron chi connectivity index (χ2n) is 20.7. The van der Waals surface area contributed by atoms with Crippen LogP contribution in [-0.4, -0.2) is 70.2 Å². The number of nitrogens with zero attached hydrogens (tertiary/aromatic N) is 2. The molecule has 80 heavy (non-hydrogen) atoms. The maximum atomic E-state index is 13.1. The molecule has 0 radical (unpaired) electrons. The molecular weight excluding hydrogens is 1090 g/mol. The van der Waals surface area contributed by atoms with E-state index >= 15 is 0 Å². The van der Waals surface area contributed by atoms with Gasteiger partial charge in [-0.25, -0.2) is 21.6 Å². The van der Waals surface area contributed by atoms with E-state index in [2.05, 4.69) is 158 Å². The van der Waals surface area contributed by atoms with Crippen molar-refractivity contribution in [3.63, 3.8) is 0 Å². The van der Waals surface area contributed by atoms with Crippen molar-refractivity contribution in [1.82, 2.24) is 9.44 Å². The van der Waals surface area contributed by atoms with E-state index in [9.17, 15) is 26.4 Å². The number of halogens is 2. The fourth-order valence-corrected chi connectivity index (χ4v) is 13.2. The van der Waals surface area contributed by atoms with Crippen LogP contribution >= 0.6 is 11.6 Å². The van der Waals surface area contributed by atoms with Gasteiger partial charge in [-0.15, -0.1) is 0 Å². The third-order valence-electron chi connectivity index (χ3n) is 15.0. The van der Waals surface area contributed by atoms with Crippen LogP contribution in [0.25, 0.3) is 33.7 Å². The number of hydrogen-bond donors (Lipinski definition) is 2. The van der Waals surface area contributed by atoms with Gasteiger partial charge in [0.1, 0.15) is 24.6 Å². The van der Waals surface area contributed by atoms with E-state index in [0.717, 1.165) is 33.5 Å². The first-order valence-electron chi connectivity index (χ1n) is 25.8. The van der Waals surface area contributed by atoms with E-state index in [0.29, 0.717) is 5.75 Å². The monoisotopic (exact) mass is 1150 g/mol. The van der Waals surface area contributed by atoms with Gasteiger partial charge in [0.25, 0.3) is 0 Å². The standard InChI is InChI=1S/C32H31N2O4S.C23H21NO.C9H10ClNO3S.ClH/c1-22(33-39(36,37)24-13-6-5-7-14-24)31(35)38-29-20-18-23-12-8-9-15-25(23)26(29)19-21-30-32(2,3)27-16-10-11-17-28(27)34(30)4;1-22(2)19-10-6-7-11-20(19)24(3)23(22)15-14-18-17-9-5-4-8-16(17)12-13-21(18)25-23;1-7(9(10)12)11-15(13,14)8-5-3-2-4-6-8;/h5-22,33H,1-4H3;4-15H,1-3H3;2-7,11H,1H3;1H/q+1;;;/p-1/b21-19+;;;. The van der Waals surface area contributed by atoms with E-state index < -0.39 is 49.1 Å². The summed E-state index contributed by atoms with van der Waals surface area (Å²) in [4.78, 5) is 26.2. The number of rotatable bonds is 11. The van der Waals surface area contributed by atoms with Gasteiger partial charge < -0.3 is 26.8 Å². The number of sulfonamides is 2. The van der Waals surface area contributed by atoms with Crippen molar-refractivity contribution in [3.8, 4) is 11.5 Å². The minimum atomic E-state index is -3.88. The molecule has 8 aromatic carbocycles. The van der Waals surface area contributed by atoms with Gasteiger partial charge in [0.15, 0.2) is 5.71 Å². The normalized spacial score (nSPS) is 17.2. The van der Waals surface area contributed by atoms with E-state index in [1.165, 1.54) is 71.3 Å². The molecule has 8 aromatic rings. The number of fused-ring (bicyclic) bond motifs is 6. The highest BCUT2D eigenvalue weighted by atomic mass is 35.5. The van der Waals surface area contributed by atoms with Gasteiger partial charge in [-0.05, 0) is 141 Å². The van der Waals surface area contributed by atoms with Crippen molar-refractivity contribution in [2.24, 2.45) is 0 Å². The zero-order chi connectivity index (χ0) is 56.5. The van der Waals surface area contributed by atoms with Crippen LogP contribution in [0.4, 0.5) is 11.4 Å². The first-order valence-corrected chi connectivity index (χ1v) is 29.1. The van der Waals surface area contributed by atoms with Crippen LogP contribution < -0.4 is 36.2 Å². The lowest BCUT2D eigenvalue weighted by Gasteiger charge is -2.46. The van der Waals surface area contributed by atoms with E-state index in [4.69, 9.17) is 21.1 Å². The minimum Gasteiger partial charge on any atom is -1.00 e. The van der Waals surface area contributed by atoms with E-state index in [-0.39, 0.29) is 33.0 Å². The summed E-state index contributed by atoms with van der Waals surface area (Å²) >= 11 is 5.16. The molecule has 16 heteroatoms. The Morgan fingerprint density at radius 2 is 1.15 bits per heavy atom. The summed E-state index contributed by atoms with van der Waals surface area (Å²) in [5.74, 6) is 0.615. The van der Waals surface area contributed by atoms with Gasteiger partial charge in [0, 0.05) is 41.6 Å². The number of anilines is 1. The third-order valence-corrected chi connectivity index (χ3v) is 18.4. The summed E-state index contributed by atoms with van der Waals surface area (Å²) in [7, 11) is -3.36. The molecule has 3 heterocycles. The molecular formula is C64H62Cl2N4O8S2. The highest BCUT2D eigenvalue weighted by Crippen LogP contribution is 2.54. The lowest BCUT2D eigenvalue weighted by molar-refractivity contribution is -0.401. The predicted octanol–water partition coefficient (Wildman–Crippen LogP) is 9.32. The van der Waals surface area contributed by atoms with Gasteiger partial charge >= 0.3 is 5.97 Å². The van der Waals surface area contributed by atoms with Crippen LogP contribution in [0.1, 0.15) is 63.8 Å². The van der Waals surface area contributed by atoms with Gasteiger partial charge in [-0.2, -0.15) is 14.0 Å². The zero-order valence-corrected chi connectivity index (χ0v) is 48.7. The van der Waals surface area contributed by atoms with Crippen molar-refractivity contribution >= 4 is 93.6 Å². The summed E-state index contributed by atoms with van der Waals surface area (Å²) in [6.45, 7) is 11.8. The lowest BCUT2D eigenvalue weighted by atomic mass is 9.76. The molecule has 3 unspecified atom stereocenters. The van der Waals surface area contributed by atoms with Crippen molar-refractivity contribution in [2.75, 3.05) is 19.0 Å². The van der Waals surface area contributed by atoms with Crippen LogP contribution in [0.5, 0.6) is 11.5 Å². The molecule has 3 aliphatic heterocycles. The molecule has 0 aromatic heterocycles. The molecule has 0 aliphatic carbocycles. The van der Waals surface area contributed by atoms with Crippen molar-refractivity contribution in [1.29, 1.82) is 0 Å². The van der Waals surface area contributed by atoms with Crippen LogP contribution in [0.2, 0.25) is 0 Å². The minimum absolute atomic E-state index is 0. The summed E-state index contributed by atoms with van der Waals surface area (Å²) in [6, 6.07) is 54.9. The fraction of sp³-hybridized carbons (Fsp3) is 0.203. The van der Waals surface area contributed by atoms with Crippen LogP contribution in [0.15, 0.2) is 204 Å². The number of likely N-dealkylation sites (N-methyl/N-ethyl adjacent to an activating group) is 1. The second-order valence-corrected chi connectivity index (χ2v) is 24.5. The average molecular weight is 1150 g/mol. The summed E-state index contributed by atoms with van der Waals surface area (Å²) < 4.78 is 68.0. The summed E-state index contributed by atoms with van der Waals surface area (Å²) in [5, 5.41) is 3.67. The van der Waals surface area contributed by atoms with Gasteiger partial charge in [-0.1, -0.05) is 133 Å². The number of carbonyl (C=O) groups is 2. The molecule has 12 nitrogen and oxygen atoms in total. The summed E-state index contributed by atoms with van der Waals surface area (Å²) in [5.41, 5.74) is 7.11. The Morgan fingerprint density at radius 1 is 0.637 bits per heavy atom. The van der Waals surface area contributed by atoms with Crippen molar-refractivity contribution < 1.29 is 52.9 Å². The van der Waals surface area contributed by atoms with Crippen LogP contribution in [0, 0.1) is 0 Å². The first kappa shape index (κ1) is 58.7. The smallest absolute Gasteiger partial charge is 0.329 e. The quantitative estimate of drug-likeness (QED) is 0.0559. The molecule has 0 amide bonds.